The van der Waals surface area contributed by atoms with Crippen LogP contribution < -0.4 is 10.1 Å². The molecule has 0 aliphatic carbocycles. The zero-order valence-corrected chi connectivity index (χ0v) is 9.91. The standard InChI is InChI=1S/C13H15NO3/c1-3-4-5-8-14-13(16)10-6-7-12(17-2)11(15)9-10/h6-7,9,15H,5,8H2,1-2H3,(H,14,16). The Bertz CT molecular complexity index is 457. The lowest BCUT2D eigenvalue weighted by Crippen LogP contribution is -2.24. The number of hydrogen-bond acceptors (Lipinski definition) is 3. The van der Waals surface area contributed by atoms with Crippen molar-refractivity contribution >= 4 is 5.91 Å². The molecule has 0 aliphatic rings. The van der Waals surface area contributed by atoms with Gasteiger partial charge in [-0.05, 0) is 25.1 Å². The SMILES string of the molecule is CC#CCCNC(=O)c1ccc(OC)c(O)c1. The molecule has 0 heterocycles. The highest BCUT2D eigenvalue weighted by atomic mass is 16.5. The number of nitrogens with one attached hydrogen (secondary N) is 1. The molecule has 0 saturated heterocycles. The predicted octanol–water partition coefficient (Wildman–Crippen LogP) is 1.54. The van der Waals surface area contributed by atoms with Crippen LogP contribution in [0.5, 0.6) is 11.5 Å². The van der Waals surface area contributed by atoms with Gasteiger partial charge >= 0.3 is 0 Å². The topological polar surface area (TPSA) is 58.6 Å². The Morgan fingerprint density at radius 3 is 2.88 bits per heavy atom. The first kappa shape index (κ1) is 12.9. The van der Waals surface area contributed by atoms with E-state index in [0.29, 0.717) is 24.3 Å². The van der Waals surface area contributed by atoms with Gasteiger partial charge in [0.25, 0.3) is 5.91 Å². The van der Waals surface area contributed by atoms with Crippen molar-refractivity contribution in [1.82, 2.24) is 5.32 Å². The summed E-state index contributed by atoms with van der Waals surface area (Å²) in [5, 5.41) is 12.2. The molecule has 2 N–H and O–H groups in total. The van der Waals surface area contributed by atoms with E-state index in [2.05, 4.69) is 17.2 Å². The van der Waals surface area contributed by atoms with E-state index >= 15 is 0 Å². The fourth-order valence-electron chi connectivity index (χ4n) is 1.30. The van der Waals surface area contributed by atoms with E-state index in [1.165, 1.54) is 13.2 Å². The number of hydrogen-bond donors (Lipinski definition) is 2. The molecule has 0 aliphatic heterocycles. The zero-order valence-electron chi connectivity index (χ0n) is 9.91. The summed E-state index contributed by atoms with van der Waals surface area (Å²) >= 11 is 0. The Morgan fingerprint density at radius 2 is 2.29 bits per heavy atom. The second-order valence-corrected chi connectivity index (χ2v) is 3.32. The number of carbonyl (C=O) groups is 1. The Labute approximate surface area is 101 Å². The number of aromatic hydroxyl groups is 1. The minimum absolute atomic E-state index is 0.0477. The van der Waals surface area contributed by atoms with Crippen molar-refractivity contribution in [2.45, 2.75) is 13.3 Å². The highest BCUT2D eigenvalue weighted by molar-refractivity contribution is 5.94. The van der Waals surface area contributed by atoms with Gasteiger partial charge in [0, 0.05) is 18.5 Å². The average Bonchev–Trinajstić information content (AvgIpc) is 2.34. The number of carbonyl (C=O) groups excluding carboxylic acids is 1. The minimum Gasteiger partial charge on any atom is -0.504 e. The van der Waals surface area contributed by atoms with E-state index in [4.69, 9.17) is 4.74 Å². The summed E-state index contributed by atoms with van der Waals surface area (Å²) in [6, 6.07) is 4.52. The number of rotatable bonds is 4. The third-order valence-electron chi connectivity index (χ3n) is 2.15. The summed E-state index contributed by atoms with van der Waals surface area (Å²) in [5.74, 6) is 5.66. The van der Waals surface area contributed by atoms with Crippen LogP contribution in [0.4, 0.5) is 0 Å². The molecule has 0 radical (unpaired) electrons. The second kappa shape index (κ2) is 6.44. The Balaban J connectivity index is 2.62. The summed E-state index contributed by atoms with van der Waals surface area (Å²) < 4.78 is 4.89. The van der Waals surface area contributed by atoms with Crippen molar-refractivity contribution in [2.24, 2.45) is 0 Å². The molecule has 0 bridgehead atoms. The van der Waals surface area contributed by atoms with Crippen molar-refractivity contribution in [1.29, 1.82) is 0 Å². The summed E-state index contributed by atoms with van der Waals surface area (Å²) in [6.45, 7) is 2.25. The Hall–Kier alpha value is -2.15. The van der Waals surface area contributed by atoms with Crippen molar-refractivity contribution in [3.05, 3.63) is 23.8 Å². The van der Waals surface area contributed by atoms with Crippen molar-refractivity contribution in [3.63, 3.8) is 0 Å². The van der Waals surface area contributed by atoms with Crippen molar-refractivity contribution in [3.8, 4) is 23.3 Å². The molecule has 0 fully saturated rings. The van der Waals surface area contributed by atoms with Crippen molar-refractivity contribution < 1.29 is 14.6 Å². The fraction of sp³-hybridized carbons (Fsp3) is 0.308. The van der Waals surface area contributed by atoms with Crippen molar-refractivity contribution in [2.75, 3.05) is 13.7 Å². The lowest BCUT2D eigenvalue weighted by atomic mass is 10.2. The van der Waals surface area contributed by atoms with Gasteiger partial charge in [-0.15, -0.1) is 11.8 Å². The molecule has 0 aromatic heterocycles. The van der Waals surface area contributed by atoms with Gasteiger partial charge < -0.3 is 15.2 Å². The molecule has 0 saturated carbocycles. The molecule has 1 rings (SSSR count). The van der Waals surface area contributed by atoms with E-state index in [9.17, 15) is 9.90 Å². The number of benzene rings is 1. The molecule has 17 heavy (non-hydrogen) atoms. The van der Waals surface area contributed by atoms with Gasteiger partial charge in [-0.25, -0.2) is 0 Å². The first-order valence-electron chi connectivity index (χ1n) is 5.24. The maximum Gasteiger partial charge on any atom is 0.251 e. The van der Waals surface area contributed by atoms with Gasteiger partial charge in [-0.1, -0.05) is 0 Å². The number of ether oxygens (including phenoxy) is 1. The molecule has 90 valence electrons. The van der Waals surface area contributed by atoms with Crippen LogP contribution in [-0.2, 0) is 0 Å². The molecule has 0 spiro atoms. The maximum atomic E-state index is 11.6. The predicted molar refractivity (Wildman–Crippen MR) is 65.1 cm³/mol. The number of methoxy groups -OCH3 is 1. The van der Waals surface area contributed by atoms with Crippen LogP contribution in [-0.4, -0.2) is 24.7 Å². The fourth-order valence-corrected chi connectivity index (χ4v) is 1.30. The van der Waals surface area contributed by atoms with Crippen LogP contribution in [0.3, 0.4) is 0 Å². The Morgan fingerprint density at radius 1 is 1.53 bits per heavy atom. The molecule has 4 heteroatoms. The molecule has 1 aromatic carbocycles. The molecule has 0 atom stereocenters. The van der Waals surface area contributed by atoms with Crippen LogP contribution in [0.15, 0.2) is 18.2 Å². The molecule has 4 nitrogen and oxygen atoms in total. The van der Waals surface area contributed by atoms with Gasteiger partial charge in [-0.3, -0.25) is 4.79 Å². The molecule has 1 aromatic rings. The van der Waals surface area contributed by atoms with E-state index in [-0.39, 0.29) is 11.7 Å². The summed E-state index contributed by atoms with van der Waals surface area (Å²) in [6.07, 6.45) is 0.615. The third kappa shape index (κ3) is 3.72. The number of phenolic OH excluding ortho intramolecular Hbond substituents is 1. The third-order valence-corrected chi connectivity index (χ3v) is 2.15. The van der Waals surface area contributed by atoms with Crippen LogP contribution in [0.25, 0.3) is 0 Å². The van der Waals surface area contributed by atoms with E-state index in [1.54, 1.807) is 19.1 Å². The summed E-state index contributed by atoms with van der Waals surface area (Å²) in [4.78, 5) is 11.6. The second-order valence-electron chi connectivity index (χ2n) is 3.32. The maximum absolute atomic E-state index is 11.6. The van der Waals surface area contributed by atoms with E-state index in [0.717, 1.165) is 0 Å². The summed E-state index contributed by atoms with van der Waals surface area (Å²) in [7, 11) is 1.46. The highest BCUT2D eigenvalue weighted by Gasteiger charge is 2.08. The van der Waals surface area contributed by atoms with E-state index < -0.39 is 0 Å². The monoisotopic (exact) mass is 233 g/mol. The molecular formula is C13H15NO3. The molecule has 0 unspecified atom stereocenters. The molecule has 1 amide bonds. The lowest BCUT2D eigenvalue weighted by Gasteiger charge is -2.06. The van der Waals surface area contributed by atoms with Crippen LogP contribution >= 0.6 is 0 Å². The quantitative estimate of drug-likeness (QED) is 0.612. The van der Waals surface area contributed by atoms with Crippen LogP contribution in [0.2, 0.25) is 0 Å². The first-order valence-corrected chi connectivity index (χ1v) is 5.24. The van der Waals surface area contributed by atoms with Crippen LogP contribution in [0.1, 0.15) is 23.7 Å². The van der Waals surface area contributed by atoms with Gasteiger partial charge in [0.1, 0.15) is 0 Å². The number of amides is 1. The van der Waals surface area contributed by atoms with Crippen LogP contribution in [0, 0.1) is 11.8 Å². The average molecular weight is 233 g/mol. The lowest BCUT2D eigenvalue weighted by molar-refractivity contribution is 0.0954. The van der Waals surface area contributed by atoms with E-state index in [1.807, 2.05) is 0 Å². The zero-order chi connectivity index (χ0) is 12.7. The van der Waals surface area contributed by atoms with Gasteiger partial charge in [0.05, 0.1) is 7.11 Å². The van der Waals surface area contributed by atoms with Gasteiger partial charge in [0.2, 0.25) is 0 Å². The largest absolute Gasteiger partial charge is 0.504 e. The van der Waals surface area contributed by atoms with Gasteiger partial charge in [-0.2, -0.15) is 0 Å². The first-order chi connectivity index (χ1) is 8.19. The summed E-state index contributed by atoms with van der Waals surface area (Å²) in [5.41, 5.74) is 0.396. The number of phenols is 1. The normalized spacial score (nSPS) is 9.06. The Kier molecular flexibility index (Phi) is 4.89. The smallest absolute Gasteiger partial charge is 0.251 e. The molecular weight excluding hydrogens is 218 g/mol. The minimum atomic E-state index is -0.235. The highest BCUT2D eigenvalue weighted by Crippen LogP contribution is 2.25. The van der Waals surface area contributed by atoms with Gasteiger partial charge in [0.15, 0.2) is 11.5 Å².